The molecule has 0 spiro atoms. The molecule has 0 saturated heterocycles. The van der Waals surface area contributed by atoms with Gasteiger partial charge in [0.2, 0.25) is 0 Å². The van der Waals surface area contributed by atoms with Crippen LogP contribution in [0.5, 0.6) is 0 Å². The van der Waals surface area contributed by atoms with Crippen molar-refractivity contribution < 1.29 is 22.9 Å². The summed E-state index contributed by atoms with van der Waals surface area (Å²) in [4.78, 5) is 20.5. The first-order valence-corrected chi connectivity index (χ1v) is 6.00. The lowest BCUT2D eigenvalue weighted by Gasteiger charge is -2.08. The lowest BCUT2D eigenvalue weighted by molar-refractivity contribution is -0.384. The highest BCUT2D eigenvalue weighted by molar-refractivity contribution is 8.00. The number of rotatable bonds is 6. The first kappa shape index (κ1) is 15.3. The van der Waals surface area contributed by atoms with Crippen LogP contribution in [0.3, 0.4) is 0 Å². The number of aldehydes is 1. The van der Waals surface area contributed by atoms with E-state index in [0.717, 1.165) is 6.07 Å². The number of hydrogen-bond acceptors (Lipinski definition) is 5. The fourth-order valence-electron chi connectivity index (χ4n) is 1.27. The van der Waals surface area contributed by atoms with Gasteiger partial charge in [-0.1, -0.05) is 0 Å². The molecule has 1 aromatic carbocycles. The normalized spacial score (nSPS) is 11.1. The Kier molecular flexibility index (Phi) is 5.16. The highest BCUT2D eigenvalue weighted by atomic mass is 32.2. The van der Waals surface area contributed by atoms with Crippen LogP contribution in [0, 0.1) is 10.1 Å². The third-order valence-corrected chi connectivity index (χ3v) is 2.77. The zero-order valence-electron chi connectivity index (χ0n) is 9.44. The molecule has 9 heteroatoms. The molecular formula is C10H9F3N2O3S. The van der Waals surface area contributed by atoms with Gasteiger partial charge in [0.05, 0.1) is 4.92 Å². The van der Waals surface area contributed by atoms with Gasteiger partial charge in [-0.25, -0.2) is 0 Å². The van der Waals surface area contributed by atoms with Crippen molar-refractivity contribution in [3.05, 3.63) is 33.9 Å². The van der Waals surface area contributed by atoms with Crippen molar-refractivity contribution >= 4 is 29.4 Å². The van der Waals surface area contributed by atoms with E-state index in [1.165, 1.54) is 12.1 Å². The molecule has 0 aliphatic rings. The molecule has 5 nitrogen and oxygen atoms in total. The summed E-state index contributed by atoms with van der Waals surface area (Å²) in [7, 11) is 0. The predicted octanol–water partition coefficient (Wildman–Crippen LogP) is 3.07. The molecule has 0 atom stereocenters. The molecule has 0 amide bonds. The fourth-order valence-corrected chi connectivity index (χ4v) is 1.71. The first-order valence-electron chi connectivity index (χ1n) is 5.01. The summed E-state index contributed by atoms with van der Waals surface area (Å²) in [6.45, 7) is -0.0779. The number of benzene rings is 1. The number of nitrogens with zero attached hydrogens (tertiary/aromatic N) is 1. The number of carbonyl (C=O) groups excluding carboxylic acids is 1. The number of nitrogens with one attached hydrogen (secondary N) is 1. The van der Waals surface area contributed by atoms with Crippen molar-refractivity contribution in [1.29, 1.82) is 0 Å². The number of nitro groups is 1. The highest BCUT2D eigenvalue weighted by Crippen LogP contribution is 2.30. The maximum atomic E-state index is 11.9. The van der Waals surface area contributed by atoms with Gasteiger partial charge in [0.25, 0.3) is 5.69 Å². The predicted molar refractivity (Wildman–Crippen MR) is 65.5 cm³/mol. The Morgan fingerprint density at radius 2 is 2.11 bits per heavy atom. The Morgan fingerprint density at radius 3 is 2.63 bits per heavy atom. The maximum absolute atomic E-state index is 11.9. The average Bonchev–Trinajstić information content (AvgIpc) is 2.33. The number of anilines is 1. The maximum Gasteiger partial charge on any atom is 0.441 e. The summed E-state index contributed by atoms with van der Waals surface area (Å²) in [6.07, 6.45) is 0.455. The van der Waals surface area contributed by atoms with Crippen molar-refractivity contribution in [2.75, 3.05) is 17.6 Å². The third-order valence-electron chi connectivity index (χ3n) is 2.04. The van der Waals surface area contributed by atoms with E-state index in [9.17, 15) is 28.1 Å². The summed E-state index contributed by atoms with van der Waals surface area (Å²) in [5.41, 5.74) is -4.46. The molecule has 1 rings (SSSR count). The van der Waals surface area contributed by atoms with E-state index in [4.69, 9.17) is 0 Å². The zero-order chi connectivity index (χ0) is 14.5. The van der Waals surface area contributed by atoms with E-state index in [1.807, 2.05) is 0 Å². The van der Waals surface area contributed by atoms with Gasteiger partial charge in [-0.2, -0.15) is 13.2 Å². The van der Waals surface area contributed by atoms with Crippen LogP contribution in [0.1, 0.15) is 10.4 Å². The number of carbonyl (C=O) groups is 1. The average molecular weight is 294 g/mol. The van der Waals surface area contributed by atoms with E-state index in [2.05, 4.69) is 5.32 Å². The number of nitro benzene ring substituents is 1. The molecule has 0 fully saturated rings. The monoisotopic (exact) mass is 294 g/mol. The van der Waals surface area contributed by atoms with E-state index >= 15 is 0 Å². The van der Waals surface area contributed by atoms with Crippen LogP contribution in [0.15, 0.2) is 18.2 Å². The van der Waals surface area contributed by atoms with Crippen molar-refractivity contribution in [2.45, 2.75) is 5.51 Å². The van der Waals surface area contributed by atoms with E-state index < -0.39 is 10.4 Å². The minimum atomic E-state index is -4.32. The van der Waals surface area contributed by atoms with Crippen molar-refractivity contribution in [1.82, 2.24) is 0 Å². The summed E-state index contributed by atoms with van der Waals surface area (Å²) in [5, 5.41) is 13.3. The Labute approximate surface area is 110 Å². The van der Waals surface area contributed by atoms with E-state index in [0.29, 0.717) is 6.29 Å². The van der Waals surface area contributed by atoms with E-state index in [1.54, 1.807) is 0 Å². The van der Waals surface area contributed by atoms with Gasteiger partial charge in [0.1, 0.15) is 12.0 Å². The van der Waals surface area contributed by atoms with Crippen LogP contribution in [0.2, 0.25) is 0 Å². The lowest BCUT2D eigenvalue weighted by Crippen LogP contribution is -2.10. The summed E-state index contributed by atoms with van der Waals surface area (Å²) in [5.74, 6) is -0.268. The van der Waals surface area contributed by atoms with Gasteiger partial charge < -0.3 is 5.32 Å². The number of alkyl halides is 3. The lowest BCUT2D eigenvalue weighted by atomic mass is 10.2. The van der Waals surface area contributed by atoms with Crippen molar-refractivity contribution in [3.8, 4) is 0 Å². The largest absolute Gasteiger partial charge is 0.441 e. The molecule has 104 valence electrons. The topological polar surface area (TPSA) is 72.2 Å². The summed E-state index contributed by atoms with van der Waals surface area (Å²) in [6, 6.07) is 3.70. The molecular weight excluding hydrogens is 285 g/mol. The zero-order valence-corrected chi connectivity index (χ0v) is 10.3. The number of halogens is 3. The SMILES string of the molecule is O=Cc1ccc(NCCSC(F)(F)F)c([N+](=O)[O-])c1. The Hall–Kier alpha value is -1.77. The molecule has 0 aliphatic carbocycles. The molecule has 0 radical (unpaired) electrons. The Balaban J connectivity index is 2.67. The van der Waals surface area contributed by atoms with Gasteiger partial charge in [-0.3, -0.25) is 14.9 Å². The number of hydrogen-bond donors (Lipinski definition) is 1. The molecule has 1 N–H and O–H groups in total. The van der Waals surface area contributed by atoms with Crippen LogP contribution in [0.4, 0.5) is 24.5 Å². The van der Waals surface area contributed by atoms with Crippen LogP contribution in [-0.2, 0) is 0 Å². The molecule has 0 unspecified atom stereocenters. The molecule has 0 bridgehead atoms. The number of thioether (sulfide) groups is 1. The van der Waals surface area contributed by atoms with Crippen LogP contribution < -0.4 is 5.32 Å². The molecule has 1 aromatic rings. The quantitative estimate of drug-likeness (QED) is 0.378. The minimum absolute atomic E-state index is 0.0779. The molecule has 0 saturated carbocycles. The van der Waals surface area contributed by atoms with Crippen molar-refractivity contribution in [2.24, 2.45) is 0 Å². The van der Waals surface area contributed by atoms with Crippen molar-refractivity contribution in [3.63, 3.8) is 0 Å². The third kappa shape index (κ3) is 5.16. The second kappa shape index (κ2) is 6.41. The molecule has 19 heavy (non-hydrogen) atoms. The Morgan fingerprint density at radius 1 is 1.42 bits per heavy atom. The molecule has 0 aliphatic heterocycles. The fraction of sp³-hybridized carbons (Fsp3) is 0.300. The summed E-state index contributed by atoms with van der Waals surface area (Å²) < 4.78 is 35.6. The summed E-state index contributed by atoms with van der Waals surface area (Å²) >= 11 is -0.214. The highest BCUT2D eigenvalue weighted by Gasteiger charge is 2.27. The second-order valence-electron chi connectivity index (χ2n) is 3.37. The molecule has 0 aromatic heterocycles. The van der Waals surface area contributed by atoms with Gasteiger partial charge >= 0.3 is 5.51 Å². The van der Waals surface area contributed by atoms with Gasteiger partial charge in [0, 0.05) is 23.9 Å². The first-order chi connectivity index (χ1) is 8.83. The minimum Gasteiger partial charge on any atom is -0.379 e. The van der Waals surface area contributed by atoms with Crippen LogP contribution in [-0.4, -0.2) is 29.0 Å². The van der Waals surface area contributed by atoms with Gasteiger partial charge in [-0.05, 0) is 23.9 Å². The van der Waals surface area contributed by atoms with Crippen LogP contribution >= 0.6 is 11.8 Å². The Bertz CT molecular complexity index is 480. The smallest absolute Gasteiger partial charge is 0.379 e. The van der Waals surface area contributed by atoms with Gasteiger partial charge in [-0.15, -0.1) is 0 Å². The van der Waals surface area contributed by atoms with E-state index in [-0.39, 0.29) is 41.0 Å². The van der Waals surface area contributed by atoms with Crippen LogP contribution in [0.25, 0.3) is 0 Å². The van der Waals surface area contributed by atoms with Gasteiger partial charge in [0.15, 0.2) is 0 Å². The molecule has 0 heterocycles. The second-order valence-corrected chi connectivity index (χ2v) is 4.53. The standard InChI is InChI=1S/C10H9F3N2O3S/c11-10(12,13)19-4-3-14-8-2-1-7(6-16)5-9(8)15(17)18/h1-2,5-6,14H,3-4H2.